The number of para-hydroxylation sites is 2. The molecule has 3 heterocycles. The number of nitrogens with zero attached hydrogens (tertiary/aromatic N) is 2. The normalized spacial score (nSPS) is 13.9. The lowest BCUT2D eigenvalue weighted by Crippen LogP contribution is -2.31. The fourth-order valence-corrected chi connectivity index (χ4v) is 6.11. The Balaban J connectivity index is 1.59. The lowest BCUT2D eigenvalue weighted by atomic mass is 9.87. The molecule has 0 radical (unpaired) electrons. The first kappa shape index (κ1) is 19.3. The van der Waals surface area contributed by atoms with Gasteiger partial charge >= 0.3 is 0 Å². The first-order valence-electron chi connectivity index (χ1n) is 13.7. The molecule has 0 aliphatic heterocycles. The second kappa shape index (κ2) is 7.30. The molecular formula is C34H31N2+. The third-order valence-electron chi connectivity index (χ3n) is 7.52. The number of benzene rings is 4. The predicted octanol–water partition coefficient (Wildman–Crippen LogP) is 8.38. The largest absolute Gasteiger partial charge is 0.308 e. The molecule has 0 N–H and O–H groups in total. The molecular weight excluding hydrogens is 436 g/mol. The molecule has 0 spiro atoms. The van der Waals surface area contributed by atoms with E-state index < -0.39 is 11.8 Å². The Labute approximate surface area is 214 Å². The van der Waals surface area contributed by atoms with Crippen molar-refractivity contribution in [3.8, 4) is 11.3 Å². The van der Waals surface area contributed by atoms with Gasteiger partial charge in [-0.2, -0.15) is 0 Å². The molecule has 4 aromatic carbocycles. The molecule has 0 aliphatic carbocycles. The van der Waals surface area contributed by atoms with Gasteiger partial charge in [0, 0.05) is 36.4 Å². The molecule has 2 heteroatoms. The van der Waals surface area contributed by atoms with E-state index >= 15 is 0 Å². The van der Waals surface area contributed by atoms with Gasteiger partial charge in [0.2, 0.25) is 5.69 Å². The quantitative estimate of drug-likeness (QED) is 0.225. The number of aromatic nitrogens is 2. The molecule has 176 valence electrons. The Morgan fingerprint density at radius 3 is 2.36 bits per heavy atom. The van der Waals surface area contributed by atoms with E-state index in [1.54, 1.807) is 0 Å². The van der Waals surface area contributed by atoms with Crippen LogP contribution in [0, 0.1) is 12.3 Å². The van der Waals surface area contributed by atoms with Gasteiger partial charge in [-0.1, -0.05) is 75.4 Å². The van der Waals surface area contributed by atoms with Gasteiger partial charge in [0.15, 0.2) is 6.20 Å². The summed E-state index contributed by atoms with van der Waals surface area (Å²) in [6.07, 6.45) is 0.536. The third-order valence-corrected chi connectivity index (χ3v) is 7.52. The maximum absolute atomic E-state index is 8.91. The molecule has 0 fully saturated rings. The summed E-state index contributed by atoms with van der Waals surface area (Å²) in [6.45, 7) is 8.05. The second-order valence-corrected chi connectivity index (χ2v) is 11.2. The van der Waals surface area contributed by atoms with Crippen LogP contribution in [0.15, 0.2) is 85.1 Å². The van der Waals surface area contributed by atoms with Gasteiger partial charge in [0.1, 0.15) is 7.05 Å². The highest BCUT2D eigenvalue weighted by Crippen LogP contribution is 2.43. The van der Waals surface area contributed by atoms with Crippen LogP contribution < -0.4 is 4.57 Å². The van der Waals surface area contributed by atoms with Gasteiger partial charge in [-0.3, -0.25) is 0 Å². The number of fused-ring (bicyclic) bond motifs is 8. The van der Waals surface area contributed by atoms with Gasteiger partial charge < -0.3 is 4.40 Å². The molecule has 7 rings (SSSR count). The van der Waals surface area contributed by atoms with Crippen LogP contribution >= 0.6 is 0 Å². The zero-order valence-electron chi connectivity index (χ0n) is 23.5. The summed E-state index contributed by atoms with van der Waals surface area (Å²) < 4.78 is 22.4. The van der Waals surface area contributed by atoms with Gasteiger partial charge in [-0.15, -0.1) is 0 Å². The molecule has 0 bridgehead atoms. The number of rotatable bonds is 2. The summed E-state index contributed by atoms with van der Waals surface area (Å²) in [5.41, 5.74) is 7.31. The SMILES string of the molecule is [2H]C([2H])(c1cc[n+](C)c(-c2c(C)ccc3c2ccc2c3c3cccc4c5ccccc5n2c43)c1)C(C)(C)C. The van der Waals surface area contributed by atoms with Crippen LogP contribution in [-0.4, -0.2) is 4.40 Å². The standard InChI is InChI=1S/C34H31N2/c1-21-13-14-25-24(31(21)30-19-22(17-18-35(30)5)20-34(2,3)4)15-16-29-32(25)27-11-8-10-26-23-9-6-7-12-28(23)36(29)33(26)27/h6-19H,20H2,1-5H3/q+1/i20D2. The molecule has 0 amide bonds. The number of aryl methyl sites for hydroxylation is 2. The van der Waals surface area contributed by atoms with E-state index in [2.05, 4.69) is 95.7 Å². The Hall–Kier alpha value is -3.91. The van der Waals surface area contributed by atoms with E-state index in [9.17, 15) is 0 Å². The van der Waals surface area contributed by atoms with Crippen molar-refractivity contribution < 1.29 is 7.31 Å². The minimum absolute atomic E-state index is 0.520. The minimum Gasteiger partial charge on any atom is -0.308 e. The summed E-state index contributed by atoms with van der Waals surface area (Å²) in [5, 5.41) is 7.55. The van der Waals surface area contributed by atoms with Crippen LogP contribution in [0.3, 0.4) is 0 Å². The van der Waals surface area contributed by atoms with Crippen LogP contribution in [0.2, 0.25) is 0 Å². The summed E-state index contributed by atoms with van der Waals surface area (Å²) in [7, 11) is 2.05. The van der Waals surface area contributed by atoms with Crippen molar-refractivity contribution in [1.29, 1.82) is 0 Å². The van der Waals surface area contributed by atoms with Gasteiger partial charge in [-0.25, -0.2) is 4.57 Å². The average Bonchev–Trinajstić information content (AvgIpc) is 3.41. The Morgan fingerprint density at radius 1 is 0.778 bits per heavy atom. The van der Waals surface area contributed by atoms with Crippen molar-refractivity contribution in [2.75, 3.05) is 0 Å². The fraction of sp³-hybridized carbons (Fsp3) is 0.206. The van der Waals surface area contributed by atoms with E-state index in [0.717, 1.165) is 11.3 Å². The van der Waals surface area contributed by atoms with E-state index in [4.69, 9.17) is 2.74 Å². The van der Waals surface area contributed by atoms with Crippen LogP contribution in [0.5, 0.6) is 0 Å². The van der Waals surface area contributed by atoms with E-state index in [1.807, 2.05) is 33.0 Å². The summed E-state index contributed by atoms with van der Waals surface area (Å²) in [4.78, 5) is 0. The lowest BCUT2D eigenvalue weighted by molar-refractivity contribution is -0.660. The molecule has 0 unspecified atom stereocenters. The molecule has 7 aromatic rings. The summed E-state index contributed by atoms with van der Waals surface area (Å²) in [6, 6.07) is 28.3. The predicted molar refractivity (Wildman–Crippen MR) is 153 cm³/mol. The zero-order valence-corrected chi connectivity index (χ0v) is 21.5. The highest BCUT2D eigenvalue weighted by Gasteiger charge is 2.23. The smallest absolute Gasteiger partial charge is 0.213 e. The van der Waals surface area contributed by atoms with Crippen molar-refractivity contribution >= 4 is 48.9 Å². The topological polar surface area (TPSA) is 8.29 Å². The second-order valence-electron chi connectivity index (χ2n) is 11.2. The fourth-order valence-electron chi connectivity index (χ4n) is 6.11. The van der Waals surface area contributed by atoms with Crippen molar-refractivity contribution in [2.24, 2.45) is 12.5 Å². The summed E-state index contributed by atoms with van der Waals surface area (Å²) >= 11 is 0. The maximum atomic E-state index is 8.91. The monoisotopic (exact) mass is 469 g/mol. The first-order valence-corrected chi connectivity index (χ1v) is 12.7. The van der Waals surface area contributed by atoms with Crippen LogP contribution in [0.4, 0.5) is 0 Å². The van der Waals surface area contributed by atoms with E-state index in [1.165, 1.54) is 54.4 Å². The lowest BCUT2D eigenvalue weighted by Gasteiger charge is -2.18. The molecule has 0 aliphatic rings. The average molecular weight is 470 g/mol. The van der Waals surface area contributed by atoms with Crippen LogP contribution in [0.1, 0.15) is 34.6 Å². The summed E-state index contributed by atoms with van der Waals surface area (Å²) in [5.74, 6) is 0. The van der Waals surface area contributed by atoms with E-state index in [-0.39, 0.29) is 0 Å². The Bertz CT molecular complexity index is 2060. The Kier molecular flexibility index (Phi) is 3.91. The van der Waals surface area contributed by atoms with E-state index in [0.29, 0.717) is 5.56 Å². The highest BCUT2D eigenvalue weighted by molar-refractivity contribution is 6.29. The molecule has 36 heavy (non-hydrogen) atoms. The van der Waals surface area contributed by atoms with Gasteiger partial charge in [0.25, 0.3) is 0 Å². The van der Waals surface area contributed by atoms with Crippen molar-refractivity contribution in [1.82, 2.24) is 4.40 Å². The van der Waals surface area contributed by atoms with Crippen LogP contribution in [-0.2, 0) is 13.4 Å². The van der Waals surface area contributed by atoms with Crippen LogP contribution in [0.25, 0.3) is 60.1 Å². The molecule has 0 atom stereocenters. The van der Waals surface area contributed by atoms with Crippen molar-refractivity contribution in [3.63, 3.8) is 0 Å². The first-order chi connectivity index (χ1) is 18.1. The number of pyridine rings is 1. The molecule has 0 saturated heterocycles. The maximum Gasteiger partial charge on any atom is 0.213 e. The van der Waals surface area contributed by atoms with Gasteiger partial charge in [-0.05, 0) is 52.7 Å². The zero-order chi connectivity index (χ0) is 26.6. The van der Waals surface area contributed by atoms with Gasteiger partial charge in [0.05, 0.1) is 22.1 Å². The Morgan fingerprint density at radius 2 is 1.53 bits per heavy atom. The highest BCUT2D eigenvalue weighted by atomic mass is 14.9. The third kappa shape index (κ3) is 2.94. The molecule has 3 aromatic heterocycles. The van der Waals surface area contributed by atoms with Crippen molar-refractivity contribution in [2.45, 2.75) is 34.1 Å². The minimum atomic E-state index is -1.46. The molecule has 0 saturated carbocycles. The number of hydrogen-bond acceptors (Lipinski definition) is 0. The molecule has 2 nitrogen and oxygen atoms in total. The van der Waals surface area contributed by atoms with Crippen molar-refractivity contribution in [3.05, 3.63) is 96.2 Å². The number of hydrogen-bond donors (Lipinski definition) is 0.